The highest BCUT2D eigenvalue weighted by atomic mass is 35.5. The molecular formula is C15H13Cl2N5O2. The fourth-order valence-corrected chi connectivity index (χ4v) is 1.94. The van der Waals surface area contributed by atoms with Crippen LogP contribution in [-0.4, -0.2) is 21.9 Å². The average molecular weight is 366 g/mol. The molecule has 3 N–H and O–H groups in total. The maximum atomic E-state index is 12.0. The maximum absolute atomic E-state index is 12.0. The van der Waals surface area contributed by atoms with Crippen LogP contribution < -0.4 is 16.6 Å². The quantitative estimate of drug-likeness (QED) is 0.789. The van der Waals surface area contributed by atoms with Crippen LogP contribution in [0, 0.1) is 0 Å². The largest absolute Gasteiger partial charge is 0.403 e. The third-order valence-corrected chi connectivity index (χ3v) is 3.56. The van der Waals surface area contributed by atoms with Gasteiger partial charge < -0.3 is 11.1 Å². The first-order valence-corrected chi connectivity index (χ1v) is 7.49. The molecule has 1 amide bonds. The molecule has 0 bridgehead atoms. The molecule has 0 radical (unpaired) electrons. The van der Waals surface area contributed by atoms with Crippen molar-refractivity contribution in [3.05, 3.63) is 68.8 Å². The molecule has 0 spiro atoms. The minimum atomic E-state index is -0.657. The normalized spacial score (nSPS) is 11.7. The molecule has 0 unspecified atom stereocenters. The lowest BCUT2D eigenvalue weighted by Gasteiger charge is -2.07. The van der Waals surface area contributed by atoms with E-state index in [1.807, 2.05) is 18.2 Å². The second-order valence-electron chi connectivity index (χ2n) is 4.53. The number of nitrogens with two attached hydrogens (primary N) is 1. The second-order valence-corrected chi connectivity index (χ2v) is 5.32. The van der Waals surface area contributed by atoms with E-state index in [0.29, 0.717) is 5.69 Å². The number of carbonyl (C=O) groups excluding carboxylic acids is 1. The number of carbonyl (C=O) groups is 1. The van der Waals surface area contributed by atoms with E-state index < -0.39 is 11.5 Å². The third-order valence-electron chi connectivity index (χ3n) is 2.81. The number of aliphatic imine (C=N–C) groups is 1. The number of hydrogen-bond acceptors (Lipinski definition) is 5. The number of nitrogens with zero attached hydrogens (tertiary/aromatic N) is 3. The van der Waals surface area contributed by atoms with Gasteiger partial charge in [-0.3, -0.25) is 14.6 Å². The first-order valence-electron chi connectivity index (χ1n) is 6.73. The Kier molecular flexibility index (Phi) is 6.11. The van der Waals surface area contributed by atoms with Gasteiger partial charge in [-0.2, -0.15) is 5.10 Å². The van der Waals surface area contributed by atoms with Crippen molar-refractivity contribution in [1.82, 2.24) is 15.1 Å². The number of benzene rings is 1. The lowest BCUT2D eigenvalue weighted by molar-refractivity contribution is -0.121. The molecule has 2 rings (SSSR count). The Morgan fingerprint density at radius 2 is 2.04 bits per heavy atom. The lowest BCUT2D eigenvalue weighted by Crippen LogP contribution is -2.34. The van der Waals surface area contributed by atoms with Gasteiger partial charge in [0.1, 0.15) is 11.6 Å². The van der Waals surface area contributed by atoms with Gasteiger partial charge in [0.2, 0.25) is 5.91 Å². The van der Waals surface area contributed by atoms with Crippen LogP contribution in [0.15, 0.2) is 58.2 Å². The van der Waals surface area contributed by atoms with Crippen LogP contribution in [0.25, 0.3) is 0 Å². The van der Waals surface area contributed by atoms with Crippen molar-refractivity contribution in [2.45, 2.75) is 6.54 Å². The molecule has 9 heteroatoms. The second kappa shape index (κ2) is 8.28. The molecule has 0 saturated carbocycles. The number of nitrogens with one attached hydrogen (secondary N) is 1. The standard InChI is InChI=1S/C15H13Cl2N5O2/c16-12-8-20-22(15(24)14(12)17)9-13(23)21-11(6-18)7-19-10-4-2-1-3-5-10/h1-8H,9,18H2,(H,21,23). The van der Waals surface area contributed by atoms with Crippen LogP contribution >= 0.6 is 23.2 Å². The van der Waals surface area contributed by atoms with Crippen LogP contribution in [-0.2, 0) is 11.3 Å². The molecule has 0 saturated heterocycles. The van der Waals surface area contributed by atoms with Gasteiger partial charge in [0.05, 0.1) is 28.8 Å². The van der Waals surface area contributed by atoms with Gasteiger partial charge in [0, 0.05) is 6.20 Å². The van der Waals surface area contributed by atoms with E-state index in [9.17, 15) is 9.59 Å². The molecule has 0 aliphatic carbocycles. The number of hydrogen-bond donors (Lipinski definition) is 2. The van der Waals surface area contributed by atoms with Crippen molar-refractivity contribution in [1.29, 1.82) is 0 Å². The van der Waals surface area contributed by atoms with E-state index in [-0.39, 0.29) is 22.3 Å². The number of rotatable bonds is 5. The summed E-state index contributed by atoms with van der Waals surface area (Å²) in [7, 11) is 0. The van der Waals surface area contributed by atoms with E-state index in [0.717, 1.165) is 4.68 Å². The number of allylic oxidation sites excluding steroid dienone is 1. The van der Waals surface area contributed by atoms with Gasteiger partial charge in [-0.05, 0) is 12.1 Å². The van der Waals surface area contributed by atoms with Crippen molar-refractivity contribution < 1.29 is 4.79 Å². The van der Waals surface area contributed by atoms with Crippen molar-refractivity contribution in [2.24, 2.45) is 10.7 Å². The molecule has 0 aliphatic heterocycles. The Hall–Kier alpha value is -2.64. The van der Waals surface area contributed by atoms with Crippen molar-refractivity contribution in [3.8, 4) is 0 Å². The topological polar surface area (TPSA) is 102 Å². The molecule has 1 aromatic heterocycles. The Balaban J connectivity index is 2.04. The van der Waals surface area contributed by atoms with E-state index >= 15 is 0 Å². The number of para-hydroxylation sites is 1. The summed E-state index contributed by atoms with van der Waals surface area (Å²) in [5, 5.41) is 6.10. The molecule has 0 fully saturated rings. The lowest BCUT2D eigenvalue weighted by atomic mass is 10.3. The molecule has 2 aromatic rings. The highest BCUT2D eigenvalue weighted by Crippen LogP contribution is 2.14. The van der Waals surface area contributed by atoms with E-state index in [4.69, 9.17) is 28.9 Å². The fourth-order valence-electron chi connectivity index (χ4n) is 1.67. The Morgan fingerprint density at radius 3 is 2.71 bits per heavy atom. The zero-order valence-corrected chi connectivity index (χ0v) is 13.8. The van der Waals surface area contributed by atoms with Gasteiger partial charge in [-0.1, -0.05) is 41.4 Å². The predicted octanol–water partition coefficient (Wildman–Crippen LogP) is 1.87. The third kappa shape index (κ3) is 4.68. The summed E-state index contributed by atoms with van der Waals surface area (Å²) in [5.41, 5.74) is 5.78. The van der Waals surface area contributed by atoms with Gasteiger partial charge in [-0.25, -0.2) is 4.68 Å². The maximum Gasteiger partial charge on any atom is 0.287 e. The Bertz CT molecular complexity index is 847. The molecule has 24 heavy (non-hydrogen) atoms. The smallest absolute Gasteiger partial charge is 0.287 e. The first kappa shape index (κ1) is 17.7. The number of halogens is 2. The summed E-state index contributed by atoms with van der Waals surface area (Å²) < 4.78 is 0.895. The first-order chi connectivity index (χ1) is 11.5. The Morgan fingerprint density at radius 1 is 1.33 bits per heavy atom. The Labute approximate surface area is 147 Å². The zero-order valence-electron chi connectivity index (χ0n) is 12.3. The molecular weight excluding hydrogens is 353 g/mol. The summed E-state index contributed by atoms with van der Waals surface area (Å²) in [4.78, 5) is 28.0. The van der Waals surface area contributed by atoms with E-state index in [1.54, 1.807) is 12.1 Å². The van der Waals surface area contributed by atoms with Crippen LogP contribution in [0.3, 0.4) is 0 Å². The average Bonchev–Trinajstić information content (AvgIpc) is 2.60. The number of amides is 1. The monoisotopic (exact) mass is 365 g/mol. The van der Waals surface area contributed by atoms with E-state index in [1.165, 1.54) is 18.6 Å². The summed E-state index contributed by atoms with van der Waals surface area (Å²) in [6.07, 6.45) is 3.78. The summed E-state index contributed by atoms with van der Waals surface area (Å²) in [6.45, 7) is -0.341. The van der Waals surface area contributed by atoms with Gasteiger partial charge in [-0.15, -0.1) is 0 Å². The molecule has 124 valence electrons. The molecule has 0 aliphatic rings. The van der Waals surface area contributed by atoms with Crippen LogP contribution in [0.4, 0.5) is 5.69 Å². The van der Waals surface area contributed by atoms with Crippen molar-refractivity contribution in [3.63, 3.8) is 0 Å². The van der Waals surface area contributed by atoms with Crippen LogP contribution in [0.5, 0.6) is 0 Å². The van der Waals surface area contributed by atoms with Crippen molar-refractivity contribution >= 4 is 41.0 Å². The van der Waals surface area contributed by atoms with Crippen LogP contribution in [0.1, 0.15) is 0 Å². The number of aromatic nitrogens is 2. The summed E-state index contributed by atoms with van der Waals surface area (Å²) >= 11 is 11.4. The van der Waals surface area contributed by atoms with Crippen molar-refractivity contribution in [2.75, 3.05) is 0 Å². The van der Waals surface area contributed by atoms with Gasteiger partial charge >= 0.3 is 0 Å². The fraction of sp³-hybridized carbons (Fsp3) is 0.0667. The highest BCUT2D eigenvalue weighted by molar-refractivity contribution is 6.41. The minimum Gasteiger partial charge on any atom is -0.403 e. The molecule has 7 nitrogen and oxygen atoms in total. The minimum absolute atomic E-state index is 0.0239. The zero-order chi connectivity index (χ0) is 17.5. The van der Waals surface area contributed by atoms with Crippen LogP contribution in [0.2, 0.25) is 10.0 Å². The molecule has 0 atom stereocenters. The SMILES string of the molecule is NC=C(C=Nc1ccccc1)NC(=O)Cn1ncc(Cl)c(Cl)c1=O. The molecule has 1 heterocycles. The van der Waals surface area contributed by atoms with Gasteiger partial charge in [0.15, 0.2) is 0 Å². The summed E-state index contributed by atoms with van der Waals surface area (Å²) in [5.74, 6) is -0.515. The predicted molar refractivity (Wildman–Crippen MR) is 93.5 cm³/mol. The highest BCUT2D eigenvalue weighted by Gasteiger charge is 2.11. The van der Waals surface area contributed by atoms with E-state index in [2.05, 4.69) is 15.4 Å². The molecule has 1 aromatic carbocycles. The summed E-state index contributed by atoms with van der Waals surface area (Å²) in [6, 6.07) is 9.12. The van der Waals surface area contributed by atoms with Gasteiger partial charge in [0.25, 0.3) is 5.56 Å².